The number of likely N-dealkylation sites (tertiary alicyclic amines) is 1. The molecule has 3 atom stereocenters. The van der Waals surface area contributed by atoms with E-state index in [9.17, 15) is 18.7 Å². The zero-order chi connectivity index (χ0) is 18.7. The number of carbonyl (C=O) groups is 1. The van der Waals surface area contributed by atoms with Gasteiger partial charge in [0.05, 0.1) is 19.1 Å². The molecule has 3 rings (SSSR count). The second kappa shape index (κ2) is 7.51. The molecule has 4 nitrogen and oxygen atoms in total. The number of amides is 1. The molecule has 1 amide bonds. The molecule has 0 radical (unpaired) electrons. The SMILES string of the molecule is N[C@@H]1CC[C@@H](c2cccc(F)c2F)C[N+](Cc2ccccc2)(C(=O)[O-])C1. The molecule has 2 aromatic carbocycles. The minimum Gasteiger partial charge on any atom is -0.498 e. The number of benzene rings is 2. The van der Waals surface area contributed by atoms with Gasteiger partial charge in [-0.3, -0.25) is 4.48 Å². The molecule has 2 aromatic rings. The zero-order valence-electron chi connectivity index (χ0n) is 14.4. The maximum atomic E-state index is 14.3. The van der Waals surface area contributed by atoms with Gasteiger partial charge in [-0.1, -0.05) is 42.5 Å². The lowest BCUT2D eigenvalue weighted by Gasteiger charge is -2.40. The predicted molar refractivity (Wildman–Crippen MR) is 91.8 cm³/mol. The molecule has 1 aliphatic rings. The van der Waals surface area contributed by atoms with Crippen LogP contribution in [0.15, 0.2) is 48.5 Å². The summed E-state index contributed by atoms with van der Waals surface area (Å²) in [7, 11) is 0. The first-order valence-corrected chi connectivity index (χ1v) is 8.72. The van der Waals surface area contributed by atoms with Crippen molar-refractivity contribution in [3.8, 4) is 0 Å². The van der Waals surface area contributed by atoms with Crippen LogP contribution in [0.5, 0.6) is 0 Å². The van der Waals surface area contributed by atoms with Crippen LogP contribution in [0.25, 0.3) is 0 Å². The number of hydrogen-bond donors (Lipinski definition) is 1. The lowest BCUT2D eigenvalue weighted by molar-refractivity contribution is -0.889. The number of halogens is 2. The van der Waals surface area contributed by atoms with Crippen molar-refractivity contribution in [1.29, 1.82) is 0 Å². The maximum absolute atomic E-state index is 14.3. The van der Waals surface area contributed by atoms with E-state index >= 15 is 0 Å². The Morgan fingerprint density at radius 3 is 2.50 bits per heavy atom. The third-order valence-electron chi connectivity index (χ3n) is 5.18. The third kappa shape index (κ3) is 3.76. The largest absolute Gasteiger partial charge is 0.498 e. The van der Waals surface area contributed by atoms with E-state index in [2.05, 4.69) is 0 Å². The van der Waals surface area contributed by atoms with Gasteiger partial charge in [-0.25, -0.2) is 8.78 Å². The Balaban J connectivity index is 1.99. The Kier molecular flexibility index (Phi) is 5.34. The molecule has 0 bridgehead atoms. The van der Waals surface area contributed by atoms with E-state index in [4.69, 9.17) is 5.73 Å². The first-order chi connectivity index (χ1) is 12.4. The standard InChI is InChI=1S/C20H22F2N2O2/c21-18-8-4-7-17(19(18)22)15-9-10-16(23)13-24(12-15,20(25)26)11-14-5-2-1-3-6-14/h1-8,15-16H,9-13,23H2/t15-,16-,24?/m1/s1. The van der Waals surface area contributed by atoms with E-state index in [-0.39, 0.29) is 31.2 Å². The Labute approximate surface area is 151 Å². The second-order valence-electron chi connectivity index (χ2n) is 7.10. The summed E-state index contributed by atoms with van der Waals surface area (Å²) in [6.45, 7) is 0.514. The Morgan fingerprint density at radius 1 is 1.08 bits per heavy atom. The highest BCUT2D eigenvalue weighted by Gasteiger charge is 2.40. The number of nitrogens with two attached hydrogens (primary N) is 1. The van der Waals surface area contributed by atoms with Crippen LogP contribution in [0, 0.1) is 11.6 Å². The van der Waals surface area contributed by atoms with E-state index in [0.29, 0.717) is 12.8 Å². The number of nitrogens with zero attached hydrogens (tertiary/aromatic N) is 1. The van der Waals surface area contributed by atoms with Crippen LogP contribution >= 0.6 is 0 Å². The van der Waals surface area contributed by atoms with E-state index < -0.39 is 28.1 Å². The molecule has 0 spiro atoms. The fraction of sp³-hybridized carbons (Fsp3) is 0.350. The van der Waals surface area contributed by atoms with Gasteiger partial charge in [0.1, 0.15) is 6.54 Å². The van der Waals surface area contributed by atoms with Gasteiger partial charge in [-0.05, 0) is 24.5 Å². The van der Waals surface area contributed by atoms with Crippen LogP contribution in [0.4, 0.5) is 13.6 Å². The summed E-state index contributed by atoms with van der Waals surface area (Å²) >= 11 is 0. The molecule has 1 unspecified atom stereocenters. The normalized spacial score (nSPS) is 26.3. The molecule has 0 saturated carbocycles. The summed E-state index contributed by atoms with van der Waals surface area (Å²) in [6, 6.07) is 12.9. The van der Waals surface area contributed by atoms with Crippen LogP contribution < -0.4 is 10.8 Å². The van der Waals surface area contributed by atoms with Gasteiger partial charge in [0.2, 0.25) is 0 Å². The van der Waals surface area contributed by atoms with Crippen LogP contribution in [0.3, 0.4) is 0 Å². The molecular weight excluding hydrogens is 338 g/mol. The van der Waals surface area contributed by atoms with Crippen molar-refractivity contribution in [3.63, 3.8) is 0 Å². The first-order valence-electron chi connectivity index (χ1n) is 8.72. The summed E-state index contributed by atoms with van der Waals surface area (Å²) in [4.78, 5) is 12.1. The van der Waals surface area contributed by atoms with Crippen molar-refractivity contribution >= 4 is 6.09 Å². The van der Waals surface area contributed by atoms with Gasteiger partial charge in [-0.15, -0.1) is 0 Å². The van der Waals surface area contributed by atoms with Crippen LogP contribution in [0.1, 0.15) is 29.9 Å². The van der Waals surface area contributed by atoms with E-state index in [1.165, 1.54) is 12.1 Å². The monoisotopic (exact) mass is 360 g/mol. The molecule has 2 N–H and O–H groups in total. The highest BCUT2D eigenvalue weighted by atomic mass is 19.2. The van der Waals surface area contributed by atoms with Crippen molar-refractivity contribution < 1.29 is 23.2 Å². The zero-order valence-corrected chi connectivity index (χ0v) is 14.4. The summed E-state index contributed by atoms with van der Waals surface area (Å²) in [5, 5.41) is 12.1. The topological polar surface area (TPSA) is 66.2 Å². The summed E-state index contributed by atoms with van der Waals surface area (Å²) in [5.74, 6) is -2.28. The number of carbonyl (C=O) groups excluding carboxylic acids is 1. The number of carboxylic acid groups (broad SMARTS) is 1. The number of hydrogen-bond acceptors (Lipinski definition) is 3. The fourth-order valence-corrected chi connectivity index (χ4v) is 3.91. The highest BCUT2D eigenvalue weighted by Crippen LogP contribution is 2.33. The van der Waals surface area contributed by atoms with Gasteiger partial charge >= 0.3 is 0 Å². The molecule has 1 fully saturated rings. The van der Waals surface area contributed by atoms with Crippen LogP contribution in [-0.2, 0) is 6.54 Å². The molecule has 0 aliphatic carbocycles. The first kappa shape index (κ1) is 18.5. The molecule has 6 heteroatoms. The third-order valence-corrected chi connectivity index (χ3v) is 5.18. The quantitative estimate of drug-likeness (QED) is 0.856. The van der Waals surface area contributed by atoms with Gasteiger partial charge in [0, 0.05) is 11.5 Å². The highest BCUT2D eigenvalue weighted by molar-refractivity contribution is 5.54. The van der Waals surface area contributed by atoms with Gasteiger partial charge in [0.15, 0.2) is 11.6 Å². The Bertz CT molecular complexity index is 785. The lowest BCUT2D eigenvalue weighted by atomic mass is 9.92. The minimum absolute atomic E-state index is 0.116. The Hall–Kier alpha value is -2.31. The number of quaternary nitrogens is 1. The summed E-state index contributed by atoms with van der Waals surface area (Å²) in [5.41, 5.74) is 7.18. The van der Waals surface area contributed by atoms with Crippen molar-refractivity contribution in [1.82, 2.24) is 0 Å². The average molecular weight is 360 g/mol. The fourth-order valence-electron chi connectivity index (χ4n) is 3.91. The average Bonchev–Trinajstić information content (AvgIpc) is 2.78. The van der Waals surface area contributed by atoms with Crippen molar-refractivity contribution in [2.24, 2.45) is 5.73 Å². The molecule has 0 aromatic heterocycles. The van der Waals surface area contributed by atoms with Crippen molar-refractivity contribution in [2.75, 3.05) is 13.1 Å². The Morgan fingerprint density at radius 2 is 1.81 bits per heavy atom. The second-order valence-corrected chi connectivity index (χ2v) is 7.10. The smallest absolute Gasteiger partial charge is 0.257 e. The summed E-state index contributed by atoms with van der Waals surface area (Å²) in [6.07, 6.45) is -0.195. The maximum Gasteiger partial charge on any atom is 0.257 e. The molecule has 1 saturated heterocycles. The van der Waals surface area contributed by atoms with Gasteiger partial charge < -0.3 is 15.6 Å². The molecular formula is C20H22F2N2O2. The van der Waals surface area contributed by atoms with Crippen molar-refractivity contribution in [3.05, 3.63) is 71.3 Å². The van der Waals surface area contributed by atoms with Gasteiger partial charge in [-0.2, -0.15) is 0 Å². The minimum atomic E-state index is -1.24. The lowest BCUT2D eigenvalue weighted by Crippen LogP contribution is -2.62. The number of rotatable bonds is 3. The molecule has 1 aliphatic heterocycles. The van der Waals surface area contributed by atoms with E-state index in [0.717, 1.165) is 11.6 Å². The summed E-state index contributed by atoms with van der Waals surface area (Å²) < 4.78 is 27.6. The van der Waals surface area contributed by atoms with Gasteiger partial charge in [0.25, 0.3) is 6.09 Å². The molecule has 26 heavy (non-hydrogen) atoms. The molecule has 138 valence electrons. The van der Waals surface area contributed by atoms with E-state index in [1.54, 1.807) is 0 Å². The predicted octanol–water partition coefficient (Wildman–Crippen LogP) is 2.53. The van der Waals surface area contributed by atoms with Crippen LogP contribution in [0.2, 0.25) is 0 Å². The van der Waals surface area contributed by atoms with Crippen LogP contribution in [-0.4, -0.2) is 29.7 Å². The molecule has 1 heterocycles. The van der Waals surface area contributed by atoms with E-state index in [1.807, 2.05) is 30.3 Å². The van der Waals surface area contributed by atoms with Crippen molar-refractivity contribution in [2.45, 2.75) is 31.3 Å².